The van der Waals surface area contributed by atoms with Crippen LogP contribution in [0.15, 0.2) is 12.7 Å². The van der Waals surface area contributed by atoms with Gasteiger partial charge >= 0.3 is 0 Å². The third-order valence-electron chi connectivity index (χ3n) is 4.59. The van der Waals surface area contributed by atoms with Gasteiger partial charge in [0.25, 0.3) is 0 Å². The summed E-state index contributed by atoms with van der Waals surface area (Å²) in [6.45, 7) is 6.76. The van der Waals surface area contributed by atoms with E-state index in [-0.39, 0.29) is 11.4 Å². The topological polar surface area (TPSA) is 32.3 Å². The molecule has 1 saturated carbocycles. The van der Waals surface area contributed by atoms with E-state index in [1.807, 2.05) is 0 Å². The predicted molar refractivity (Wildman–Crippen MR) is 74.4 cm³/mol. The van der Waals surface area contributed by atoms with Gasteiger partial charge in [0.2, 0.25) is 5.91 Å². The van der Waals surface area contributed by atoms with Gasteiger partial charge in [0.15, 0.2) is 0 Å². The number of piperidine rings is 1. The Bertz CT molecular complexity index is 289. The van der Waals surface area contributed by atoms with Gasteiger partial charge in [-0.15, -0.1) is 0 Å². The van der Waals surface area contributed by atoms with E-state index in [9.17, 15) is 4.79 Å². The molecule has 3 heteroatoms. The molecule has 0 atom stereocenters. The number of amides is 1. The lowest BCUT2D eigenvalue weighted by Crippen LogP contribution is -2.58. The number of nitrogens with one attached hydrogen (secondary N) is 1. The SMILES string of the molecule is C=CC(=O)NCC1(N2CCCCC2)CCCCC1. The van der Waals surface area contributed by atoms with Crippen molar-refractivity contribution in [3.8, 4) is 0 Å². The molecule has 2 rings (SSSR count). The number of rotatable bonds is 4. The zero-order valence-corrected chi connectivity index (χ0v) is 11.4. The Morgan fingerprint density at radius 1 is 1.11 bits per heavy atom. The van der Waals surface area contributed by atoms with Crippen molar-refractivity contribution in [2.24, 2.45) is 0 Å². The number of hydrogen-bond acceptors (Lipinski definition) is 2. The smallest absolute Gasteiger partial charge is 0.243 e. The van der Waals surface area contributed by atoms with Crippen molar-refractivity contribution in [3.63, 3.8) is 0 Å². The molecule has 1 heterocycles. The van der Waals surface area contributed by atoms with Crippen molar-refractivity contribution in [2.45, 2.75) is 56.9 Å². The molecule has 0 aromatic carbocycles. The van der Waals surface area contributed by atoms with Gasteiger partial charge in [0, 0.05) is 12.1 Å². The Morgan fingerprint density at radius 3 is 2.33 bits per heavy atom. The second-order valence-electron chi connectivity index (χ2n) is 5.75. The summed E-state index contributed by atoms with van der Waals surface area (Å²) in [7, 11) is 0. The molecule has 2 fully saturated rings. The van der Waals surface area contributed by atoms with Crippen molar-refractivity contribution in [2.75, 3.05) is 19.6 Å². The number of likely N-dealkylation sites (tertiary alicyclic amines) is 1. The van der Waals surface area contributed by atoms with Crippen LogP contribution in [-0.4, -0.2) is 36.0 Å². The highest BCUT2D eigenvalue weighted by molar-refractivity contribution is 5.86. The molecule has 102 valence electrons. The normalized spacial score (nSPS) is 24.4. The minimum Gasteiger partial charge on any atom is -0.351 e. The molecule has 1 saturated heterocycles. The van der Waals surface area contributed by atoms with Crippen LogP contribution < -0.4 is 5.32 Å². The number of carbonyl (C=O) groups excluding carboxylic acids is 1. The lowest BCUT2D eigenvalue weighted by atomic mass is 9.79. The molecule has 0 aromatic rings. The fraction of sp³-hybridized carbons (Fsp3) is 0.800. The van der Waals surface area contributed by atoms with Gasteiger partial charge in [-0.3, -0.25) is 9.69 Å². The Morgan fingerprint density at radius 2 is 1.72 bits per heavy atom. The van der Waals surface area contributed by atoms with E-state index in [1.54, 1.807) is 0 Å². The Labute approximate surface area is 111 Å². The minimum atomic E-state index is -0.0306. The fourth-order valence-electron chi connectivity index (χ4n) is 3.51. The average Bonchev–Trinajstić information content (AvgIpc) is 2.46. The standard InChI is InChI=1S/C15H26N2O/c1-2-14(18)16-13-15(9-5-3-6-10-15)17-11-7-4-8-12-17/h2H,1,3-13H2,(H,16,18). The zero-order valence-electron chi connectivity index (χ0n) is 11.4. The Hall–Kier alpha value is -0.830. The summed E-state index contributed by atoms with van der Waals surface area (Å²) in [6.07, 6.45) is 11.8. The van der Waals surface area contributed by atoms with E-state index >= 15 is 0 Å². The molecule has 3 nitrogen and oxygen atoms in total. The third-order valence-corrected chi connectivity index (χ3v) is 4.59. The molecule has 0 radical (unpaired) electrons. The van der Waals surface area contributed by atoms with Crippen LogP contribution in [0, 0.1) is 0 Å². The first-order valence-corrected chi connectivity index (χ1v) is 7.42. The van der Waals surface area contributed by atoms with Gasteiger partial charge in [0.05, 0.1) is 0 Å². The number of nitrogens with zero attached hydrogens (tertiary/aromatic N) is 1. The lowest BCUT2D eigenvalue weighted by Gasteiger charge is -2.48. The Kier molecular flexibility index (Phi) is 4.81. The van der Waals surface area contributed by atoms with Crippen LogP contribution in [0.4, 0.5) is 0 Å². The largest absolute Gasteiger partial charge is 0.351 e. The molecular formula is C15H26N2O. The van der Waals surface area contributed by atoms with Gasteiger partial charge in [-0.1, -0.05) is 32.3 Å². The van der Waals surface area contributed by atoms with Gasteiger partial charge in [-0.25, -0.2) is 0 Å². The van der Waals surface area contributed by atoms with E-state index in [2.05, 4.69) is 16.8 Å². The highest BCUT2D eigenvalue weighted by atomic mass is 16.1. The van der Waals surface area contributed by atoms with Crippen LogP contribution in [0.5, 0.6) is 0 Å². The summed E-state index contributed by atoms with van der Waals surface area (Å²) >= 11 is 0. The van der Waals surface area contributed by atoms with E-state index in [0.29, 0.717) is 0 Å². The zero-order chi connectivity index (χ0) is 12.8. The summed E-state index contributed by atoms with van der Waals surface area (Å²) < 4.78 is 0. The third kappa shape index (κ3) is 3.14. The van der Waals surface area contributed by atoms with Crippen molar-refractivity contribution in [1.29, 1.82) is 0 Å². The van der Waals surface area contributed by atoms with Gasteiger partial charge in [-0.05, 0) is 44.8 Å². The maximum absolute atomic E-state index is 11.4. The van der Waals surface area contributed by atoms with Crippen LogP contribution in [0.1, 0.15) is 51.4 Å². The van der Waals surface area contributed by atoms with Crippen LogP contribution >= 0.6 is 0 Å². The highest BCUT2D eigenvalue weighted by Crippen LogP contribution is 2.35. The molecule has 0 aromatic heterocycles. The number of hydrogen-bond donors (Lipinski definition) is 1. The van der Waals surface area contributed by atoms with Crippen LogP contribution in [0.2, 0.25) is 0 Å². The molecule has 1 N–H and O–H groups in total. The summed E-state index contributed by atoms with van der Waals surface area (Å²) in [6, 6.07) is 0. The highest BCUT2D eigenvalue weighted by Gasteiger charge is 2.38. The summed E-state index contributed by atoms with van der Waals surface area (Å²) in [4.78, 5) is 14.1. The quantitative estimate of drug-likeness (QED) is 0.777. The molecule has 1 amide bonds. The first-order chi connectivity index (χ1) is 8.77. The monoisotopic (exact) mass is 250 g/mol. The van der Waals surface area contributed by atoms with Crippen molar-refractivity contribution >= 4 is 5.91 Å². The van der Waals surface area contributed by atoms with E-state index in [4.69, 9.17) is 0 Å². The summed E-state index contributed by atoms with van der Waals surface area (Å²) in [5.74, 6) is -0.0306. The lowest BCUT2D eigenvalue weighted by molar-refractivity contribution is -0.117. The second-order valence-corrected chi connectivity index (χ2v) is 5.75. The summed E-state index contributed by atoms with van der Waals surface area (Å²) in [5.41, 5.74) is 0.233. The predicted octanol–water partition coefficient (Wildman–Crippen LogP) is 2.48. The molecule has 2 aliphatic rings. The Balaban J connectivity index is 2.01. The molecule has 0 bridgehead atoms. The van der Waals surface area contributed by atoms with Crippen molar-refractivity contribution in [1.82, 2.24) is 10.2 Å². The maximum Gasteiger partial charge on any atom is 0.243 e. The minimum absolute atomic E-state index is 0.0306. The van der Waals surface area contributed by atoms with Crippen molar-refractivity contribution in [3.05, 3.63) is 12.7 Å². The van der Waals surface area contributed by atoms with E-state index < -0.39 is 0 Å². The van der Waals surface area contributed by atoms with E-state index in [1.165, 1.54) is 70.5 Å². The number of carbonyl (C=O) groups is 1. The molecule has 18 heavy (non-hydrogen) atoms. The van der Waals surface area contributed by atoms with Crippen LogP contribution in [0.25, 0.3) is 0 Å². The maximum atomic E-state index is 11.4. The average molecular weight is 250 g/mol. The molecule has 0 spiro atoms. The second kappa shape index (κ2) is 6.37. The van der Waals surface area contributed by atoms with Crippen LogP contribution in [0.3, 0.4) is 0 Å². The molecule has 0 unspecified atom stereocenters. The van der Waals surface area contributed by atoms with E-state index in [0.717, 1.165) is 6.54 Å². The first kappa shape index (κ1) is 13.6. The molecule has 1 aliphatic heterocycles. The molecular weight excluding hydrogens is 224 g/mol. The van der Waals surface area contributed by atoms with Gasteiger partial charge in [0.1, 0.15) is 0 Å². The van der Waals surface area contributed by atoms with Gasteiger partial charge in [-0.2, -0.15) is 0 Å². The first-order valence-electron chi connectivity index (χ1n) is 7.42. The van der Waals surface area contributed by atoms with Crippen molar-refractivity contribution < 1.29 is 4.79 Å². The molecule has 1 aliphatic carbocycles. The van der Waals surface area contributed by atoms with Gasteiger partial charge < -0.3 is 5.32 Å². The fourth-order valence-corrected chi connectivity index (χ4v) is 3.51. The van der Waals surface area contributed by atoms with Crippen LogP contribution in [-0.2, 0) is 4.79 Å². The summed E-state index contributed by atoms with van der Waals surface area (Å²) in [5, 5.41) is 3.04.